The molecule has 17 heavy (non-hydrogen) atoms. The van der Waals surface area contributed by atoms with Crippen LogP contribution in [0.1, 0.15) is 18.6 Å². The molecule has 0 aromatic heterocycles. The van der Waals surface area contributed by atoms with Gasteiger partial charge in [-0.2, -0.15) is 0 Å². The summed E-state index contributed by atoms with van der Waals surface area (Å²) in [7, 11) is 3.13. The van der Waals surface area contributed by atoms with E-state index >= 15 is 0 Å². The van der Waals surface area contributed by atoms with Gasteiger partial charge in [0, 0.05) is 11.6 Å². The molecule has 0 bridgehead atoms. The fraction of sp³-hybridized carbons (Fsp3) is 0.455. The number of aliphatic hydroxyl groups excluding tert-OH is 1. The molecule has 4 nitrogen and oxygen atoms in total. The average Bonchev–Trinajstić information content (AvgIpc) is 2.27. The fourth-order valence-electron chi connectivity index (χ4n) is 1.35. The normalized spacial score (nSPS) is 12.8. The smallest absolute Gasteiger partial charge is 0.124 e. The SMILES string of the molecule is COc1ccc(OC)c(C(O)C(C)N)c1.Cl.Cl. The monoisotopic (exact) mass is 283 g/mol. The second kappa shape index (κ2) is 8.42. The lowest BCUT2D eigenvalue weighted by Crippen LogP contribution is -2.24. The average molecular weight is 284 g/mol. The van der Waals surface area contributed by atoms with E-state index in [0.717, 1.165) is 0 Å². The molecule has 2 unspecified atom stereocenters. The minimum Gasteiger partial charge on any atom is -0.497 e. The van der Waals surface area contributed by atoms with Gasteiger partial charge in [-0.15, -0.1) is 24.8 Å². The summed E-state index contributed by atoms with van der Waals surface area (Å²) in [6.07, 6.45) is -0.755. The summed E-state index contributed by atoms with van der Waals surface area (Å²) < 4.78 is 10.2. The lowest BCUT2D eigenvalue weighted by molar-refractivity contribution is 0.149. The van der Waals surface area contributed by atoms with Crippen molar-refractivity contribution < 1.29 is 14.6 Å². The van der Waals surface area contributed by atoms with Gasteiger partial charge >= 0.3 is 0 Å². The quantitative estimate of drug-likeness (QED) is 0.886. The molecule has 0 aliphatic rings. The molecule has 2 atom stereocenters. The van der Waals surface area contributed by atoms with E-state index in [1.165, 1.54) is 0 Å². The Kier molecular flexibility index (Phi) is 9.25. The molecule has 3 N–H and O–H groups in total. The topological polar surface area (TPSA) is 64.7 Å². The Morgan fingerprint density at radius 2 is 1.76 bits per heavy atom. The van der Waals surface area contributed by atoms with Crippen LogP contribution in [0.15, 0.2) is 18.2 Å². The van der Waals surface area contributed by atoms with Crippen LogP contribution in [0.2, 0.25) is 0 Å². The van der Waals surface area contributed by atoms with Crippen molar-refractivity contribution >= 4 is 24.8 Å². The van der Waals surface area contributed by atoms with E-state index in [1.54, 1.807) is 39.3 Å². The molecule has 100 valence electrons. The lowest BCUT2D eigenvalue weighted by atomic mass is 10.0. The highest BCUT2D eigenvalue weighted by molar-refractivity contribution is 5.85. The van der Waals surface area contributed by atoms with Gasteiger partial charge < -0.3 is 20.3 Å². The Bertz CT molecular complexity index is 334. The summed E-state index contributed by atoms with van der Waals surface area (Å²) in [5.74, 6) is 1.28. The lowest BCUT2D eigenvalue weighted by Gasteiger charge is -2.18. The summed E-state index contributed by atoms with van der Waals surface area (Å²) in [6.45, 7) is 1.74. The maximum atomic E-state index is 9.87. The minimum absolute atomic E-state index is 0. The van der Waals surface area contributed by atoms with E-state index < -0.39 is 6.10 Å². The highest BCUT2D eigenvalue weighted by Gasteiger charge is 2.17. The molecule has 1 rings (SSSR count). The van der Waals surface area contributed by atoms with Crippen molar-refractivity contribution in [2.45, 2.75) is 19.1 Å². The van der Waals surface area contributed by atoms with Crippen LogP contribution < -0.4 is 15.2 Å². The zero-order chi connectivity index (χ0) is 11.4. The van der Waals surface area contributed by atoms with E-state index in [9.17, 15) is 5.11 Å². The van der Waals surface area contributed by atoms with Gasteiger partial charge in [-0.05, 0) is 25.1 Å². The van der Waals surface area contributed by atoms with Gasteiger partial charge in [0.25, 0.3) is 0 Å². The van der Waals surface area contributed by atoms with Crippen LogP contribution in [0.25, 0.3) is 0 Å². The zero-order valence-electron chi connectivity index (χ0n) is 10.0. The van der Waals surface area contributed by atoms with Crippen LogP contribution in [0.5, 0.6) is 11.5 Å². The summed E-state index contributed by atoms with van der Waals surface area (Å²) in [5, 5.41) is 9.87. The first-order chi connectivity index (χ1) is 7.10. The zero-order valence-corrected chi connectivity index (χ0v) is 11.7. The number of aliphatic hydroxyl groups is 1. The summed E-state index contributed by atoms with van der Waals surface area (Å²) in [4.78, 5) is 0. The van der Waals surface area contributed by atoms with Gasteiger partial charge in [-0.25, -0.2) is 0 Å². The molecule has 0 heterocycles. The van der Waals surface area contributed by atoms with E-state index in [4.69, 9.17) is 15.2 Å². The van der Waals surface area contributed by atoms with Crippen molar-refractivity contribution in [3.05, 3.63) is 23.8 Å². The summed E-state index contributed by atoms with van der Waals surface area (Å²) in [5.41, 5.74) is 6.28. The predicted molar refractivity (Wildman–Crippen MR) is 72.7 cm³/mol. The largest absolute Gasteiger partial charge is 0.497 e. The molecular weight excluding hydrogens is 265 g/mol. The number of rotatable bonds is 4. The molecule has 0 amide bonds. The van der Waals surface area contributed by atoms with E-state index in [0.29, 0.717) is 17.1 Å². The molecule has 0 aliphatic carbocycles. The van der Waals surface area contributed by atoms with Crippen molar-refractivity contribution in [1.82, 2.24) is 0 Å². The molecule has 6 heteroatoms. The third kappa shape index (κ3) is 4.60. The number of halogens is 2. The first-order valence-electron chi connectivity index (χ1n) is 4.75. The van der Waals surface area contributed by atoms with Gasteiger partial charge in [0.2, 0.25) is 0 Å². The number of ether oxygens (including phenoxy) is 2. The van der Waals surface area contributed by atoms with Crippen LogP contribution in [0, 0.1) is 0 Å². The number of methoxy groups -OCH3 is 2. The van der Waals surface area contributed by atoms with Gasteiger partial charge in [-0.3, -0.25) is 0 Å². The van der Waals surface area contributed by atoms with Crippen LogP contribution in [0.3, 0.4) is 0 Å². The molecule has 1 aromatic rings. The minimum atomic E-state index is -0.755. The third-order valence-electron chi connectivity index (χ3n) is 2.25. The van der Waals surface area contributed by atoms with Crippen LogP contribution in [-0.2, 0) is 0 Å². The summed E-state index contributed by atoms with van der Waals surface area (Å²) in [6, 6.07) is 4.90. The third-order valence-corrected chi connectivity index (χ3v) is 2.25. The Labute approximate surface area is 114 Å². The number of hydrogen-bond acceptors (Lipinski definition) is 4. The Morgan fingerprint density at radius 3 is 2.18 bits per heavy atom. The standard InChI is InChI=1S/C11H17NO3.2ClH/c1-7(12)11(13)9-6-8(14-2)4-5-10(9)15-3;;/h4-7,11,13H,12H2,1-3H3;2*1H. The molecule has 0 saturated heterocycles. The molecule has 0 aliphatic heterocycles. The van der Waals surface area contributed by atoms with E-state index in [-0.39, 0.29) is 30.9 Å². The fourth-order valence-corrected chi connectivity index (χ4v) is 1.35. The second-order valence-corrected chi connectivity index (χ2v) is 3.41. The maximum Gasteiger partial charge on any atom is 0.124 e. The van der Waals surface area contributed by atoms with Gasteiger partial charge in [0.05, 0.1) is 20.3 Å². The molecule has 0 saturated carbocycles. The van der Waals surface area contributed by atoms with Crippen molar-refractivity contribution in [1.29, 1.82) is 0 Å². The van der Waals surface area contributed by atoms with Crippen LogP contribution >= 0.6 is 24.8 Å². The summed E-state index contributed by atoms with van der Waals surface area (Å²) >= 11 is 0. The van der Waals surface area contributed by atoms with Crippen molar-refractivity contribution in [2.75, 3.05) is 14.2 Å². The predicted octanol–water partition coefficient (Wildman–Crippen LogP) is 1.93. The van der Waals surface area contributed by atoms with Gasteiger partial charge in [0.1, 0.15) is 11.5 Å². The van der Waals surface area contributed by atoms with Gasteiger partial charge in [0.15, 0.2) is 0 Å². The highest BCUT2D eigenvalue weighted by atomic mass is 35.5. The number of hydrogen-bond donors (Lipinski definition) is 2. The molecule has 0 fully saturated rings. The van der Waals surface area contributed by atoms with E-state index in [1.807, 2.05) is 0 Å². The first kappa shape index (κ1) is 18.7. The number of benzene rings is 1. The Balaban J connectivity index is 0. The van der Waals surface area contributed by atoms with Crippen molar-refractivity contribution in [3.8, 4) is 11.5 Å². The molecule has 0 radical (unpaired) electrons. The highest BCUT2D eigenvalue weighted by Crippen LogP contribution is 2.30. The molecular formula is C11H19Cl2NO3. The van der Waals surface area contributed by atoms with Crippen molar-refractivity contribution in [3.63, 3.8) is 0 Å². The second-order valence-electron chi connectivity index (χ2n) is 3.41. The molecule has 1 aromatic carbocycles. The maximum absolute atomic E-state index is 9.87. The van der Waals surface area contributed by atoms with Crippen LogP contribution in [-0.4, -0.2) is 25.4 Å². The number of nitrogens with two attached hydrogens (primary N) is 1. The van der Waals surface area contributed by atoms with Crippen LogP contribution in [0.4, 0.5) is 0 Å². The van der Waals surface area contributed by atoms with Crippen molar-refractivity contribution in [2.24, 2.45) is 5.73 Å². The first-order valence-corrected chi connectivity index (χ1v) is 4.75. The molecule has 0 spiro atoms. The van der Waals surface area contributed by atoms with Gasteiger partial charge in [-0.1, -0.05) is 0 Å². The Morgan fingerprint density at radius 1 is 1.18 bits per heavy atom. The Hall–Kier alpha value is -0.680. The van der Waals surface area contributed by atoms with E-state index in [2.05, 4.69) is 0 Å².